The van der Waals surface area contributed by atoms with Crippen LogP contribution in [0, 0.1) is 15.9 Å². The number of nitrogens with zero attached hydrogens (tertiary/aromatic N) is 2. The number of hydrogen-bond acceptors (Lipinski definition) is 4. The van der Waals surface area contributed by atoms with E-state index in [2.05, 4.69) is 0 Å². The van der Waals surface area contributed by atoms with Gasteiger partial charge in [-0.1, -0.05) is 0 Å². The summed E-state index contributed by atoms with van der Waals surface area (Å²) in [6, 6.07) is 3.12. The van der Waals surface area contributed by atoms with Crippen LogP contribution in [-0.2, 0) is 0 Å². The van der Waals surface area contributed by atoms with Crippen LogP contribution in [0.4, 0.5) is 10.1 Å². The van der Waals surface area contributed by atoms with Crippen LogP contribution in [0.3, 0.4) is 0 Å². The number of likely N-dealkylation sites (tertiary alicyclic amines) is 1. The van der Waals surface area contributed by atoms with Gasteiger partial charge in [-0.05, 0) is 31.9 Å². The van der Waals surface area contributed by atoms with Crippen molar-refractivity contribution in [3.63, 3.8) is 0 Å². The number of aliphatic hydroxyl groups is 1. The molecule has 1 aromatic carbocycles. The average Bonchev–Trinajstić information content (AvgIpc) is 2.37. The van der Waals surface area contributed by atoms with Gasteiger partial charge in [0.25, 0.3) is 5.91 Å². The Morgan fingerprint density at radius 1 is 1.45 bits per heavy atom. The summed E-state index contributed by atoms with van der Waals surface area (Å²) in [4.78, 5) is 23.4. The first-order valence-electron chi connectivity index (χ1n) is 6.26. The van der Waals surface area contributed by atoms with Crippen LogP contribution in [0.5, 0.6) is 0 Å². The molecule has 1 aliphatic rings. The molecule has 0 bridgehead atoms. The van der Waals surface area contributed by atoms with Gasteiger partial charge in [-0.15, -0.1) is 0 Å². The second-order valence-electron chi connectivity index (χ2n) is 5.21. The van der Waals surface area contributed by atoms with Crippen molar-refractivity contribution in [1.29, 1.82) is 0 Å². The molecule has 2 rings (SSSR count). The molecule has 7 heteroatoms. The molecule has 0 aromatic heterocycles. The first-order valence-corrected chi connectivity index (χ1v) is 6.26. The minimum atomic E-state index is -1.02. The van der Waals surface area contributed by atoms with E-state index in [0.29, 0.717) is 25.9 Å². The molecule has 1 heterocycles. The molecular weight excluding hydrogens is 267 g/mol. The third-order valence-electron chi connectivity index (χ3n) is 3.52. The molecule has 0 unspecified atom stereocenters. The summed E-state index contributed by atoms with van der Waals surface area (Å²) in [7, 11) is 0. The first kappa shape index (κ1) is 14.4. The van der Waals surface area contributed by atoms with Crippen molar-refractivity contribution in [3.8, 4) is 0 Å². The Morgan fingerprint density at radius 3 is 2.55 bits per heavy atom. The highest BCUT2D eigenvalue weighted by atomic mass is 19.1. The van der Waals surface area contributed by atoms with Crippen molar-refractivity contribution in [1.82, 2.24) is 4.90 Å². The monoisotopic (exact) mass is 282 g/mol. The minimum absolute atomic E-state index is 0.0784. The summed E-state index contributed by atoms with van der Waals surface area (Å²) < 4.78 is 13.5. The predicted octanol–water partition coefficient (Wildman–Crippen LogP) is 1.72. The molecule has 1 aromatic rings. The number of nitro groups is 1. The highest BCUT2D eigenvalue weighted by Crippen LogP contribution is 2.24. The molecule has 0 radical (unpaired) electrons. The van der Waals surface area contributed by atoms with E-state index in [4.69, 9.17) is 0 Å². The van der Waals surface area contributed by atoms with Crippen molar-refractivity contribution < 1.29 is 19.2 Å². The smallest absolute Gasteiger partial charge is 0.304 e. The molecule has 1 amide bonds. The van der Waals surface area contributed by atoms with Gasteiger partial charge < -0.3 is 10.0 Å². The van der Waals surface area contributed by atoms with Gasteiger partial charge in [0.15, 0.2) is 0 Å². The van der Waals surface area contributed by atoms with Gasteiger partial charge in [0.05, 0.1) is 10.5 Å². The summed E-state index contributed by atoms with van der Waals surface area (Å²) in [5, 5.41) is 20.3. The number of piperidine rings is 1. The van der Waals surface area contributed by atoms with E-state index in [-0.39, 0.29) is 11.5 Å². The Kier molecular flexibility index (Phi) is 3.71. The zero-order valence-electron chi connectivity index (χ0n) is 11.0. The largest absolute Gasteiger partial charge is 0.390 e. The Balaban J connectivity index is 2.14. The number of amides is 1. The normalized spacial score (nSPS) is 17.9. The van der Waals surface area contributed by atoms with Crippen LogP contribution in [0.1, 0.15) is 30.1 Å². The third-order valence-corrected chi connectivity index (χ3v) is 3.52. The molecule has 1 fully saturated rings. The number of halogens is 1. The van der Waals surface area contributed by atoms with E-state index in [9.17, 15) is 24.4 Å². The summed E-state index contributed by atoms with van der Waals surface area (Å²) in [5.41, 5.74) is -1.35. The lowest BCUT2D eigenvalue weighted by atomic mass is 9.93. The molecule has 0 spiro atoms. The van der Waals surface area contributed by atoms with Gasteiger partial charge in [0.1, 0.15) is 0 Å². The van der Waals surface area contributed by atoms with E-state index in [1.165, 1.54) is 11.0 Å². The van der Waals surface area contributed by atoms with Crippen LogP contribution in [0.25, 0.3) is 0 Å². The maximum Gasteiger partial charge on any atom is 0.304 e. The first-order chi connectivity index (χ1) is 9.30. The van der Waals surface area contributed by atoms with Crippen molar-refractivity contribution in [2.24, 2.45) is 0 Å². The Bertz CT molecular complexity index is 549. The summed E-state index contributed by atoms with van der Waals surface area (Å²) >= 11 is 0. The number of benzene rings is 1. The fraction of sp³-hybridized carbons (Fsp3) is 0.462. The van der Waals surface area contributed by atoms with E-state index in [1.807, 2.05) is 0 Å². The Morgan fingerprint density at radius 2 is 2.05 bits per heavy atom. The lowest BCUT2D eigenvalue weighted by Gasteiger charge is -2.35. The fourth-order valence-electron chi connectivity index (χ4n) is 2.16. The third kappa shape index (κ3) is 2.93. The maximum absolute atomic E-state index is 13.5. The summed E-state index contributed by atoms with van der Waals surface area (Å²) in [5.74, 6) is -1.40. The van der Waals surface area contributed by atoms with Gasteiger partial charge in [0, 0.05) is 24.7 Å². The molecule has 1 N–H and O–H groups in total. The van der Waals surface area contributed by atoms with Crippen molar-refractivity contribution >= 4 is 11.6 Å². The van der Waals surface area contributed by atoms with E-state index in [1.54, 1.807) is 6.92 Å². The number of rotatable bonds is 2. The quantitative estimate of drug-likeness (QED) is 0.661. The molecule has 6 nitrogen and oxygen atoms in total. The molecule has 1 aliphatic heterocycles. The SMILES string of the molecule is CC1(O)CCN(C(=O)c2ccc([N+](=O)[O-])c(F)c2)CC1. The van der Waals surface area contributed by atoms with Crippen LogP contribution in [0.15, 0.2) is 18.2 Å². The Labute approximate surface area is 115 Å². The fourth-order valence-corrected chi connectivity index (χ4v) is 2.16. The van der Waals surface area contributed by atoms with Crippen molar-refractivity contribution in [2.45, 2.75) is 25.4 Å². The molecule has 20 heavy (non-hydrogen) atoms. The summed E-state index contributed by atoms with van der Waals surface area (Å²) in [6.45, 7) is 2.47. The molecule has 108 valence electrons. The predicted molar refractivity (Wildman–Crippen MR) is 68.8 cm³/mol. The zero-order valence-corrected chi connectivity index (χ0v) is 11.0. The van der Waals surface area contributed by atoms with Crippen LogP contribution in [-0.4, -0.2) is 39.5 Å². The molecule has 0 aliphatic carbocycles. The van der Waals surface area contributed by atoms with Gasteiger partial charge in [0.2, 0.25) is 5.82 Å². The average molecular weight is 282 g/mol. The highest BCUT2D eigenvalue weighted by Gasteiger charge is 2.30. The Hall–Kier alpha value is -2.02. The highest BCUT2D eigenvalue weighted by molar-refractivity contribution is 5.94. The number of carbonyl (C=O) groups excluding carboxylic acids is 1. The van der Waals surface area contributed by atoms with Gasteiger partial charge in [-0.25, -0.2) is 0 Å². The van der Waals surface area contributed by atoms with Gasteiger partial charge >= 0.3 is 5.69 Å². The van der Waals surface area contributed by atoms with Crippen LogP contribution in [0.2, 0.25) is 0 Å². The maximum atomic E-state index is 13.5. The van der Waals surface area contributed by atoms with E-state index >= 15 is 0 Å². The number of carbonyl (C=O) groups is 1. The molecule has 1 saturated heterocycles. The van der Waals surface area contributed by atoms with Gasteiger partial charge in [-0.2, -0.15) is 4.39 Å². The van der Waals surface area contributed by atoms with E-state index < -0.39 is 22.0 Å². The lowest BCUT2D eigenvalue weighted by molar-refractivity contribution is -0.387. The second-order valence-corrected chi connectivity index (χ2v) is 5.21. The second kappa shape index (κ2) is 5.16. The lowest BCUT2D eigenvalue weighted by Crippen LogP contribution is -2.45. The van der Waals surface area contributed by atoms with Gasteiger partial charge in [-0.3, -0.25) is 14.9 Å². The minimum Gasteiger partial charge on any atom is -0.390 e. The molecular formula is C13H15FN2O4. The van der Waals surface area contributed by atoms with Crippen LogP contribution >= 0.6 is 0 Å². The topological polar surface area (TPSA) is 83.7 Å². The van der Waals surface area contributed by atoms with Crippen molar-refractivity contribution in [2.75, 3.05) is 13.1 Å². The van der Waals surface area contributed by atoms with E-state index in [0.717, 1.165) is 12.1 Å². The zero-order chi connectivity index (χ0) is 14.9. The number of nitro benzene ring substituents is 1. The standard InChI is InChI=1S/C13H15FN2O4/c1-13(18)4-6-15(7-5-13)12(17)9-2-3-11(16(19)20)10(14)8-9/h2-3,8,18H,4-7H2,1H3. The molecule has 0 atom stereocenters. The van der Waals surface area contributed by atoms with Crippen LogP contribution < -0.4 is 0 Å². The molecule has 0 saturated carbocycles. The summed E-state index contributed by atoms with van der Waals surface area (Å²) in [6.07, 6.45) is 0.905. The number of hydrogen-bond donors (Lipinski definition) is 1. The van der Waals surface area contributed by atoms with Crippen molar-refractivity contribution in [3.05, 3.63) is 39.7 Å².